The van der Waals surface area contributed by atoms with Crippen LogP contribution in [0.1, 0.15) is 49.9 Å². The van der Waals surface area contributed by atoms with Gasteiger partial charge in [-0.05, 0) is 62.8 Å². The number of benzene rings is 1. The van der Waals surface area contributed by atoms with Crippen LogP contribution in [-0.4, -0.2) is 29.8 Å². The van der Waals surface area contributed by atoms with Crippen molar-refractivity contribution in [2.24, 2.45) is 17.8 Å². The van der Waals surface area contributed by atoms with Crippen LogP contribution in [0.15, 0.2) is 24.3 Å². The largest absolute Gasteiger partial charge is 0.339 e. The average molecular weight is 314 g/mol. The fraction of sp³-hybridized carbons (Fsp3) is 0.579. The monoisotopic (exact) mass is 314 g/mol. The molecule has 0 radical (unpaired) electrons. The molecule has 4 heteroatoms. The highest BCUT2D eigenvalue weighted by Crippen LogP contribution is 2.55. The van der Waals surface area contributed by atoms with Gasteiger partial charge in [0.15, 0.2) is 0 Å². The van der Waals surface area contributed by atoms with Crippen molar-refractivity contribution in [3.8, 4) is 0 Å². The molecule has 0 bridgehead atoms. The fourth-order valence-corrected chi connectivity index (χ4v) is 4.00. The minimum Gasteiger partial charge on any atom is -0.339 e. The standard InChI is InChI=1S/C19H26N2O2/c1-3-21(4-2)19(23)13-9-11-14(12-10-13)20-18(22)17-15-7-5-6-8-16(15)17/h9-12,15-17H,3-8H2,1-2H3,(H,20,22)/t15-,16-/m0/s1. The second-order valence-electron chi connectivity index (χ2n) is 6.68. The molecule has 2 saturated carbocycles. The molecule has 2 amide bonds. The molecule has 124 valence electrons. The highest BCUT2D eigenvalue weighted by atomic mass is 16.2. The van der Waals surface area contributed by atoms with Crippen molar-refractivity contribution >= 4 is 17.5 Å². The normalized spacial score (nSPS) is 25.4. The second-order valence-corrected chi connectivity index (χ2v) is 6.68. The summed E-state index contributed by atoms with van der Waals surface area (Å²) < 4.78 is 0. The smallest absolute Gasteiger partial charge is 0.253 e. The first-order valence-corrected chi connectivity index (χ1v) is 8.86. The Morgan fingerprint density at radius 3 is 2.13 bits per heavy atom. The summed E-state index contributed by atoms with van der Waals surface area (Å²) in [6.07, 6.45) is 4.96. The lowest BCUT2D eigenvalue weighted by molar-refractivity contribution is -0.117. The topological polar surface area (TPSA) is 49.4 Å². The van der Waals surface area contributed by atoms with Crippen LogP contribution in [0.4, 0.5) is 5.69 Å². The summed E-state index contributed by atoms with van der Waals surface area (Å²) in [6.45, 7) is 5.37. The van der Waals surface area contributed by atoms with Crippen molar-refractivity contribution in [2.75, 3.05) is 18.4 Å². The van der Waals surface area contributed by atoms with Crippen LogP contribution in [0, 0.1) is 17.8 Å². The molecule has 2 fully saturated rings. The zero-order valence-corrected chi connectivity index (χ0v) is 14.0. The molecule has 0 spiro atoms. The van der Waals surface area contributed by atoms with Crippen LogP contribution in [0.25, 0.3) is 0 Å². The summed E-state index contributed by atoms with van der Waals surface area (Å²) in [5.41, 5.74) is 1.46. The molecule has 1 aromatic carbocycles. The number of carbonyl (C=O) groups excluding carboxylic acids is 2. The van der Waals surface area contributed by atoms with E-state index in [1.807, 2.05) is 26.0 Å². The van der Waals surface area contributed by atoms with Gasteiger partial charge in [0, 0.05) is 30.3 Å². The maximum Gasteiger partial charge on any atom is 0.253 e. The van der Waals surface area contributed by atoms with Gasteiger partial charge >= 0.3 is 0 Å². The molecule has 1 aromatic rings. The Morgan fingerprint density at radius 2 is 1.61 bits per heavy atom. The van der Waals surface area contributed by atoms with Gasteiger partial charge in [0.2, 0.25) is 5.91 Å². The summed E-state index contributed by atoms with van der Waals surface area (Å²) in [5, 5.41) is 3.02. The lowest BCUT2D eigenvalue weighted by Gasteiger charge is -2.18. The van der Waals surface area contributed by atoms with E-state index in [0.717, 1.165) is 5.69 Å². The van der Waals surface area contributed by atoms with E-state index in [0.29, 0.717) is 30.5 Å². The van der Waals surface area contributed by atoms with E-state index in [1.165, 1.54) is 25.7 Å². The lowest BCUT2D eigenvalue weighted by atomic mass is 10.0. The van der Waals surface area contributed by atoms with Gasteiger partial charge in [-0.15, -0.1) is 0 Å². The van der Waals surface area contributed by atoms with E-state index in [9.17, 15) is 9.59 Å². The lowest BCUT2D eigenvalue weighted by Crippen LogP contribution is -2.30. The van der Waals surface area contributed by atoms with E-state index in [2.05, 4.69) is 5.32 Å². The predicted octanol–water partition coefficient (Wildman–Crippen LogP) is 3.54. The quantitative estimate of drug-likeness (QED) is 0.903. The van der Waals surface area contributed by atoms with E-state index in [-0.39, 0.29) is 17.7 Å². The highest BCUT2D eigenvalue weighted by molar-refractivity contribution is 5.97. The number of anilines is 1. The Labute approximate surface area is 138 Å². The molecule has 2 atom stereocenters. The molecule has 4 nitrogen and oxygen atoms in total. The number of fused-ring (bicyclic) bond motifs is 1. The number of carbonyl (C=O) groups is 2. The molecule has 0 aromatic heterocycles. The molecule has 3 rings (SSSR count). The van der Waals surface area contributed by atoms with Crippen LogP contribution in [0.5, 0.6) is 0 Å². The molecule has 2 aliphatic rings. The van der Waals surface area contributed by atoms with Crippen LogP contribution in [0.3, 0.4) is 0 Å². The number of nitrogens with zero attached hydrogens (tertiary/aromatic N) is 1. The summed E-state index contributed by atoms with van der Waals surface area (Å²) in [7, 11) is 0. The molecular formula is C19H26N2O2. The van der Waals surface area contributed by atoms with Gasteiger partial charge in [-0.2, -0.15) is 0 Å². The van der Waals surface area contributed by atoms with Crippen LogP contribution < -0.4 is 5.32 Å². The Morgan fingerprint density at radius 1 is 1.04 bits per heavy atom. The third kappa shape index (κ3) is 3.26. The van der Waals surface area contributed by atoms with Crippen molar-refractivity contribution in [1.29, 1.82) is 0 Å². The van der Waals surface area contributed by atoms with E-state index in [1.54, 1.807) is 17.0 Å². The fourth-order valence-electron chi connectivity index (χ4n) is 4.00. The van der Waals surface area contributed by atoms with E-state index < -0.39 is 0 Å². The molecule has 23 heavy (non-hydrogen) atoms. The summed E-state index contributed by atoms with van der Waals surface area (Å²) >= 11 is 0. The average Bonchev–Trinajstić information content (AvgIpc) is 3.31. The maximum atomic E-state index is 12.4. The second kappa shape index (κ2) is 6.73. The van der Waals surface area contributed by atoms with Gasteiger partial charge < -0.3 is 10.2 Å². The predicted molar refractivity (Wildman–Crippen MR) is 91.3 cm³/mol. The zero-order chi connectivity index (χ0) is 16.4. The maximum absolute atomic E-state index is 12.4. The Bertz CT molecular complexity index is 566. The molecule has 0 saturated heterocycles. The van der Waals surface area contributed by atoms with Gasteiger partial charge in [-0.25, -0.2) is 0 Å². The Hall–Kier alpha value is -1.84. The van der Waals surface area contributed by atoms with Crippen molar-refractivity contribution in [3.63, 3.8) is 0 Å². The SMILES string of the molecule is CCN(CC)C(=O)c1ccc(NC(=O)C2[C@H]3CCCC[C@H]23)cc1. The number of hydrogen-bond donors (Lipinski definition) is 1. The first kappa shape index (κ1) is 16.0. The number of rotatable bonds is 5. The third-order valence-electron chi connectivity index (χ3n) is 5.41. The molecule has 0 heterocycles. The summed E-state index contributed by atoms with van der Waals surface area (Å²) in [6, 6.07) is 7.27. The number of nitrogens with one attached hydrogen (secondary N) is 1. The number of amides is 2. The minimum absolute atomic E-state index is 0.0427. The summed E-state index contributed by atoms with van der Waals surface area (Å²) in [5.74, 6) is 1.65. The third-order valence-corrected chi connectivity index (χ3v) is 5.41. The Kier molecular flexibility index (Phi) is 4.69. The highest BCUT2D eigenvalue weighted by Gasteiger charge is 2.54. The van der Waals surface area contributed by atoms with Gasteiger partial charge in [0.1, 0.15) is 0 Å². The Balaban J connectivity index is 1.59. The van der Waals surface area contributed by atoms with Crippen molar-refractivity contribution in [2.45, 2.75) is 39.5 Å². The van der Waals surface area contributed by atoms with Gasteiger partial charge in [0.05, 0.1) is 0 Å². The molecule has 0 unspecified atom stereocenters. The first-order valence-electron chi connectivity index (χ1n) is 8.86. The number of hydrogen-bond acceptors (Lipinski definition) is 2. The van der Waals surface area contributed by atoms with Crippen LogP contribution >= 0.6 is 0 Å². The van der Waals surface area contributed by atoms with Gasteiger partial charge in [0.25, 0.3) is 5.91 Å². The summed E-state index contributed by atoms with van der Waals surface area (Å²) in [4.78, 5) is 26.4. The van der Waals surface area contributed by atoms with Gasteiger partial charge in [-0.3, -0.25) is 9.59 Å². The van der Waals surface area contributed by atoms with E-state index >= 15 is 0 Å². The zero-order valence-electron chi connectivity index (χ0n) is 14.0. The van der Waals surface area contributed by atoms with Crippen molar-refractivity contribution in [3.05, 3.63) is 29.8 Å². The van der Waals surface area contributed by atoms with Crippen molar-refractivity contribution in [1.82, 2.24) is 4.90 Å². The molecule has 2 aliphatic carbocycles. The first-order chi connectivity index (χ1) is 11.2. The molecule has 1 N–H and O–H groups in total. The van der Waals surface area contributed by atoms with E-state index in [4.69, 9.17) is 0 Å². The molecular weight excluding hydrogens is 288 g/mol. The minimum atomic E-state index is 0.0427. The van der Waals surface area contributed by atoms with Crippen LogP contribution in [0.2, 0.25) is 0 Å². The molecule has 0 aliphatic heterocycles. The van der Waals surface area contributed by atoms with Crippen molar-refractivity contribution < 1.29 is 9.59 Å². The van der Waals surface area contributed by atoms with Gasteiger partial charge in [-0.1, -0.05) is 12.8 Å². The van der Waals surface area contributed by atoms with Crippen LogP contribution in [-0.2, 0) is 4.79 Å².